The zero-order valence-electron chi connectivity index (χ0n) is 7.42. The van der Waals surface area contributed by atoms with E-state index in [0.29, 0.717) is 11.0 Å². The van der Waals surface area contributed by atoms with Gasteiger partial charge in [0.2, 0.25) is 5.13 Å². The molecule has 2 aromatic rings. The molecule has 2 rings (SSSR count). The molecule has 3 nitrogen and oxygen atoms in total. The number of hydrogen-bond donors (Lipinski definition) is 1. The van der Waals surface area contributed by atoms with Gasteiger partial charge in [-0.2, -0.15) is 0 Å². The molecule has 1 aromatic carbocycles. The van der Waals surface area contributed by atoms with Crippen LogP contribution in [0, 0.1) is 0 Å². The minimum atomic E-state index is 0.501. The maximum atomic E-state index is 5.80. The van der Waals surface area contributed by atoms with E-state index in [4.69, 9.17) is 5.73 Å². The predicted octanol–water partition coefficient (Wildman–Crippen LogP) is 2.18. The smallest absolute Gasteiger partial charge is 0.210 e. The lowest BCUT2D eigenvalue weighted by Crippen LogP contribution is -2.12. The fourth-order valence-corrected chi connectivity index (χ4v) is 1.56. The fourth-order valence-electron chi connectivity index (χ4n) is 1.05. The van der Waals surface area contributed by atoms with Crippen molar-refractivity contribution in [3.63, 3.8) is 0 Å². The highest BCUT2D eigenvalue weighted by atomic mass is 32.1. The van der Waals surface area contributed by atoms with Crippen LogP contribution in [0.5, 0.6) is 0 Å². The summed E-state index contributed by atoms with van der Waals surface area (Å²) in [6.45, 7) is 0. The lowest BCUT2D eigenvalue weighted by Gasteiger charge is -1.97. The summed E-state index contributed by atoms with van der Waals surface area (Å²) in [5, 5.41) is 2.56. The van der Waals surface area contributed by atoms with Crippen LogP contribution in [-0.2, 0) is 0 Å². The maximum absolute atomic E-state index is 5.80. The van der Waals surface area contributed by atoms with E-state index in [9.17, 15) is 0 Å². The summed E-state index contributed by atoms with van der Waals surface area (Å²) >= 11 is 1.47. The lowest BCUT2D eigenvalue weighted by atomic mass is 10.2. The molecule has 0 spiro atoms. The van der Waals surface area contributed by atoms with Gasteiger partial charge in [0.15, 0.2) is 0 Å². The highest BCUT2D eigenvalue weighted by Crippen LogP contribution is 2.15. The Morgan fingerprint density at radius 3 is 2.71 bits per heavy atom. The van der Waals surface area contributed by atoms with Crippen molar-refractivity contribution in [3.8, 4) is 0 Å². The van der Waals surface area contributed by atoms with Gasteiger partial charge in [-0.05, 0) is 0 Å². The van der Waals surface area contributed by atoms with Gasteiger partial charge in [0, 0.05) is 17.1 Å². The molecule has 1 heterocycles. The van der Waals surface area contributed by atoms with Crippen molar-refractivity contribution in [3.05, 3.63) is 47.5 Å². The van der Waals surface area contributed by atoms with Crippen molar-refractivity contribution in [2.45, 2.75) is 0 Å². The minimum Gasteiger partial charge on any atom is -0.383 e. The van der Waals surface area contributed by atoms with Crippen molar-refractivity contribution in [2.24, 2.45) is 10.7 Å². The Labute approximate surface area is 85.9 Å². The molecule has 0 radical (unpaired) electrons. The van der Waals surface area contributed by atoms with Crippen LogP contribution in [0.15, 0.2) is 46.9 Å². The number of aromatic nitrogens is 1. The molecule has 0 unspecified atom stereocenters. The first-order valence-corrected chi connectivity index (χ1v) is 5.03. The van der Waals surface area contributed by atoms with Crippen LogP contribution in [0.1, 0.15) is 5.56 Å². The number of rotatable bonds is 2. The topological polar surface area (TPSA) is 51.3 Å². The number of nitrogens with zero attached hydrogens (tertiary/aromatic N) is 2. The maximum Gasteiger partial charge on any atom is 0.210 e. The summed E-state index contributed by atoms with van der Waals surface area (Å²) in [5.41, 5.74) is 6.72. The van der Waals surface area contributed by atoms with E-state index in [2.05, 4.69) is 9.98 Å². The van der Waals surface area contributed by atoms with Gasteiger partial charge in [-0.15, -0.1) is 11.3 Å². The molecule has 0 aliphatic rings. The molecular weight excluding hydrogens is 194 g/mol. The molecule has 4 heteroatoms. The summed E-state index contributed by atoms with van der Waals surface area (Å²) < 4.78 is 0. The van der Waals surface area contributed by atoms with Crippen LogP contribution in [0.4, 0.5) is 5.13 Å². The quantitative estimate of drug-likeness (QED) is 0.600. The minimum absolute atomic E-state index is 0.501. The van der Waals surface area contributed by atoms with Crippen LogP contribution < -0.4 is 5.73 Å². The largest absolute Gasteiger partial charge is 0.383 e. The van der Waals surface area contributed by atoms with E-state index in [1.54, 1.807) is 6.20 Å². The van der Waals surface area contributed by atoms with Crippen molar-refractivity contribution in [1.82, 2.24) is 4.98 Å². The first-order chi connectivity index (χ1) is 6.86. The van der Waals surface area contributed by atoms with Crippen molar-refractivity contribution in [1.29, 1.82) is 0 Å². The molecule has 1 aromatic heterocycles. The molecule has 0 aliphatic carbocycles. The Morgan fingerprint density at radius 2 is 2.07 bits per heavy atom. The number of thiazole rings is 1. The van der Waals surface area contributed by atoms with Crippen molar-refractivity contribution < 1.29 is 0 Å². The monoisotopic (exact) mass is 203 g/mol. The third kappa shape index (κ3) is 1.97. The SMILES string of the molecule is N/C(=N/c1nccs1)c1ccccc1. The van der Waals surface area contributed by atoms with E-state index in [1.807, 2.05) is 35.7 Å². The van der Waals surface area contributed by atoms with Gasteiger partial charge in [-0.25, -0.2) is 9.98 Å². The van der Waals surface area contributed by atoms with Gasteiger partial charge in [-0.1, -0.05) is 30.3 Å². The molecule has 0 saturated heterocycles. The molecule has 0 atom stereocenters. The summed E-state index contributed by atoms with van der Waals surface area (Å²) in [6.07, 6.45) is 1.71. The fraction of sp³-hybridized carbons (Fsp3) is 0. The van der Waals surface area contributed by atoms with Gasteiger partial charge < -0.3 is 5.73 Å². The molecule has 70 valence electrons. The van der Waals surface area contributed by atoms with Crippen LogP contribution in [0.2, 0.25) is 0 Å². The average Bonchev–Trinajstić information content (AvgIpc) is 2.72. The van der Waals surface area contributed by atoms with E-state index in [-0.39, 0.29) is 0 Å². The second-order valence-electron chi connectivity index (χ2n) is 2.68. The number of aliphatic imine (C=N–C) groups is 1. The highest BCUT2D eigenvalue weighted by Gasteiger charge is 1.97. The van der Waals surface area contributed by atoms with Gasteiger partial charge in [0.05, 0.1) is 0 Å². The molecule has 0 bridgehead atoms. The Balaban J connectivity index is 2.29. The number of benzene rings is 1. The molecule has 0 aliphatic heterocycles. The van der Waals surface area contributed by atoms with Gasteiger partial charge in [-0.3, -0.25) is 0 Å². The zero-order valence-corrected chi connectivity index (χ0v) is 8.24. The van der Waals surface area contributed by atoms with Crippen molar-refractivity contribution >= 4 is 22.3 Å². The normalized spacial score (nSPS) is 11.6. The molecule has 0 saturated carbocycles. The van der Waals surface area contributed by atoms with Crippen LogP contribution >= 0.6 is 11.3 Å². The molecule has 2 N–H and O–H groups in total. The Hall–Kier alpha value is -1.68. The highest BCUT2D eigenvalue weighted by molar-refractivity contribution is 7.13. The van der Waals surface area contributed by atoms with Gasteiger partial charge >= 0.3 is 0 Å². The second-order valence-corrected chi connectivity index (χ2v) is 3.55. The summed E-state index contributed by atoms with van der Waals surface area (Å²) in [7, 11) is 0. The third-order valence-electron chi connectivity index (χ3n) is 1.70. The van der Waals surface area contributed by atoms with E-state index >= 15 is 0 Å². The third-order valence-corrected chi connectivity index (χ3v) is 2.37. The van der Waals surface area contributed by atoms with Gasteiger partial charge in [0.25, 0.3) is 0 Å². The Bertz CT molecular complexity index is 420. The molecule has 14 heavy (non-hydrogen) atoms. The lowest BCUT2D eigenvalue weighted by molar-refractivity contribution is 1.34. The van der Waals surface area contributed by atoms with E-state index < -0.39 is 0 Å². The molecular formula is C10H9N3S. The van der Waals surface area contributed by atoms with E-state index in [1.165, 1.54) is 11.3 Å². The Kier molecular flexibility index (Phi) is 2.55. The first kappa shape index (κ1) is 8.90. The number of amidine groups is 1. The average molecular weight is 203 g/mol. The summed E-state index contributed by atoms with van der Waals surface area (Å²) in [6, 6.07) is 9.65. The standard InChI is InChI=1S/C10H9N3S/c11-9(8-4-2-1-3-5-8)13-10-12-6-7-14-10/h1-7H,(H2,11,12,13). The van der Waals surface area contributed by atoms with Crippen LogP contribution in [0.3, 0.4) is 0 Å². The van der Waals surface area contributed by atoms with Crippen LogP contribution in [-0.4, -0.2) is 10.8 Å². The zero-order chi connectivity index (χ0) is 9.80. The molecule has 0 fully saturated rings. The van der Waals surface area contributed by atoms with Gasteiger partial charge in [0.1, 0.15) is 5.84 Å². The second kappa shape index (κ2) is 4.02. The number of nitrogens with two attached hydrogens (primary N) is 1. The predicted molar refractivity (Wildman–Crippen MR) is 58.9 cm³/mol. The first-order valence-electron chi connectivity index (χ1n) is 4.15. The Morgan fingerprint density at radius 1 is 1.29 bits per heavy atom. The van der Waals surface area contributed by atoms with Crippen LogP contribution in [0.25, 0.3) is 0 Å². The molecule has 0 amide bonds. The van der Waals surface area contributed by atoms with Crippen molar-refractivity contribution in [2.75, 3.05) is 0 Å². The summed E-state index contributed by atoms with van der Waals surface area (Å²) in [4.78, 5) is 8.22. The van der Waals surface area contributed by atoms with E-state index in [0.717, 1.165) is 5.56 Å². The summed E-state index contributed by atoms with van der Waals surface area (Å²) in [5.74, 6) is 0.501. The number of hydrogen-bond acceptors (Lipinski definition) is 3.